The Bertz CT molecular complexity index is 451. The lowest BCUT2D eigenvalue weighted by molar-refractivity contribution is 0.0939. The molecule has 4 heteroatoms. The monoisotopic (exact) mass is 263 g/mol. The van der Waals surface area contributed by atoms with E-state index >= 15 is 0 Å². The molecule has 0 radical (unpaired) electrons. The Labute approximate surface area is 113 Å². The smallest absolute Gasteiger partial charge is 0.255 e. The van der Waals surface area contributed by atoms with E-state index in [1.54, 1.807) is 0 Å². The number of phenolic OH excluding ortho intramolecular Hbond substituents is 2. The van der Waals surface area contributed by atoms with E-state index in [4.69, 9.17) is 0 Å². The molecule has 1 aromatic rings. The summed E-state index contributed by atoms with van der Waals surface area (Å²) < 4.78 is 0. The topological polar surface area (TPSA) is 69.6 Å². The molecular weight excluding hydrogens is 242 g/mol. The van der Waals surface area contributed by atoms with Gasteiger partial charge in [-0.25, -0.2) is 0 Å². The van der Waals surface area contributed by atoms with Crippen molar-refractivity contribution in [1.29, 1.82) is 0 Å². The van der Waals surface area contributed by atoms with Crippen molar-refractivity contribution in [1.82, 2.24) is 5.32 Å². The van der Waals surface area contributed by atoms with Gasteiger partial charge in [0.2, 0.25) is 0 Å². The molecule has 19 heavy (non-hydrogen) atoms. The molecule has 4 nitrogen and oxygen atoms in total. The van der Waals surface area contributed by atoms with Crippen LogP contribution in [0.3, 0.4) is 0 Å². The summed E-state index contributed by atoms with van der Waals surface area (Å²) >= 11 is 0. The summed E-state index contributed by atoms with van der Waals surface area (Å²) in [6.45, 7) is 2.90. The van der Waals surface area contributed by atoms with Gasteiger partial charge in [-0.3, -0.25) is 4.79 Å². The third-order valence-corrected chi connectivity index (χ3v) is 3.91. The number of amides is 1. The first kappa shape index (κ1) is 13.7. The largest absolute Gasteiger partial charge is 0.508 e. The highest BCUT2D eigenvalue weighted by Crippen LogP contribution is 2.28. The fourth-order valence-electron chi connectivity index (χ4n) is 2.57. The Morgan fingerprint density at radius 1 is 1.26 bits per heavy atom. The molecule has 1 saturated carbocycles. The number of benzene rings is 1. The normalized spacial score (nSPS) is 23.0. The van der Waals surface area contributed by atoms with Crippen LogP contribution in [0, 0.1) is 11.8 Å². The fraction of sp³-hybridized carbons (Fsp3) is 0.533. The number of nitrogens with one attached hydrogen (secondary N) is 1. The highest BCUT2D eigenvalue weighted by Gasteiger charge is 2.19. The Morgan fingerprint density at radius 2 is 1.95 bits per heavy atom. The zero-order chi connectivity index (χ0) is 13.8. The van der Waals surface area contributed by atoms with Crippen molar-refractivity contribution in [2.75, 3.05) is 6.54 Å². The second-order valence-electron chi connectivity index (χ2n) is 5.54. The number of aromatic hydroxyl groups is 2. The Balaban J connectivity index is 1.89. The minimum Gasteiger partial charge on any atom is -0.508 e. The maximum atomic E-state index is 11.9. The molecule has 1 fully saturated rings. The van der Waals surface area contributed by atoms with Gasteiger partial charge in [-0.05, 0) is 42.9 Å². The SMILES string of the molecule is CC1CCC(CNC(=O)c2cc(O)ccc2O)CC1. The summed E-state index contributed by atoms with van der Waals surface area (Å²) in [5, 5.41) is 21.8. The summed E-state index contributed by atoms with van der Waals surface area (Å²) in [5.41, 5.74) is 0.129. The van der Waals surface area contributed by atoms with Gasteiger partial charge in [-0.1, -0.05) is 19.8 Å². The molecule has 0 aliphatic heterocycles. The van der Waals surface area contributed by atoms with Gasteiger partial charge in [0.25, 0.3) is 5.91 Å². The Kier molecular flexibility index (Phi) is 4.30. The average Bonchev–Trinajstić information content (AvgIpc) is 2.40. The van der Waals surface area contributed by atoms with E-state index in [1.807, 2.05) is 0 Å². The minimum absolute atomic E-state index is 0.0190. The predicted octanol–water partition coefficient (Wildman–Crippen LogP) is 2.65. The zero-order valence-electron chi connectivity index (χ0n) is 11.2. The molecule has 0 saturated heterocycles. The molecule has 0 heterocycles. The van der Waals surface area contributed by atoms with Gasteiger partial charge in [0, 0.05) is 6.54 Å². The van der Waals surface area contributed by atoms with Crippen molar-refractivity contribution < 1.29 is 15.0 Å². The highest BCUT2D eigenvalue weighted by molar-refractivity contribution is 5.97. The van der Waals surface area contributed by atoms with Crippen LogP contribution in [0.2, 0.25) is 0 Å². The third kappa shape index (κ3) is 3.63. The number of hydrogen-bond acceptors (Lipinski definition) is 3. The van der Waals surface area contributed by atoms with Crippen molar-refractivity contribution >= 4 is 5.91 Å². The van der Waals surface area contributed by atoms with Crippen molar-refractivity contribution in [3.63, 3.8) is 0 Å². The van der Waals surface area contributed by atoms with Crippen molar-refractivity contribution in [2.24, 2.45) is 11.8 Å². The molecule has 0 unspecified atom stereocenters. The first-order valence-corrected chi connectivity index (χ1v) is 6.86. The molecule has 0 spiro atoms. The standard InChI is InChI=1S/C15H21NO3/c1-10-2-4-11(5-3-10)9-16-15(19)13-8-12(17)6-7-14(13)18/h6-8,10-11,17-18H,2-5,9H2,1H3,(H,16,19). The molecule has 1 aromatic carbocycles. The molecule has 1 amide bonds. The summed E-state index contributed by atoms with van der Waals surface area (Å²) in [4.78, 5) is 11.9. The molecule has 2 rings (SSSR count). The lowest BCUT2D eigenvalue weighted by atomic mass is 9.83. The molecule has 104 valence electrons. The lowest BCUT2D eigenvalue weighted by Crippen LogP contribution is -2.31. The van der Waals surface area contributed by atoms with Crippen LogP contribution in [0.4, 0.5) is 0 Å². The van der Waals surface area contributed by atoms with E-state index in [0.29, 0.717) is 12.5 Å². The van der Waals surface area contributed by atoms with Gasteiger partial charge >= 0.3 is 0 Å². The van der Waals surface area contributed by atoms with Crippen LogP contribution < -0.4 is 5.32 Å². The van der Waals surface area contributed by atoms with Gasteiger partial charge in [-0.2, -0.15) is 0 Å². The second-order valence-corrected chi connectivity index (χ2v) is 5.54. The summed E-state index contributed by atoms with van der Waals surface area (Å²) in [6, 6.07) is 3.97. The van der Waals surface area contributed by atoms with Gasteiger partial charge in [-0.15, -0.1) is 0 Å². The van der Waals surface area contributed by atoms with Crippen LogP contribution in [0.15, 0.2) is 18.2 Å². The highest BCUT2D eigenvalue weighted by atomic mass is 16.3. The van der Waals surface area contributed by atoms with E-state index in [2.05, 4.69) is 12.2 Å². The molecule has 3 N–H and O–H groups in total. The molecule has 1 aliphatic carbocycles. The molecular formula is C15H21NO3. The number of phenols is 2. The van der Waals surface area contributed by atoms with Crippen molar-refractivity contribution in [2.45, 2.75) is 32.6 Å². The van der Waals surface area contributed by atoms with Crippen molar-refractivity contribution in [3.8, 4) is 11.5 Å². The number of hydrogen-bond donors (Lipinski definition) is 3. The van der Waals surface area contributed by atoms with E-state index in [0.717, 1.165) is 18.8 Å². The second kappa shape index (κ2) is 5.95. The Hall–Kier alpha value is -1.71. The van der Waals surface area contributed by atoms with E-state index in [1.165, 1.54) is 31.0 Å². The van der Waals surface area contributed by atoms with Crippen LogP contribution in [0.1, 0.15) is 43.0 Å². The summed E-state index contributed by atoms with van der Waals surface area (Å²) in [7, 11) is 0. The molecule has 0 bridgehead atoms. The first-order chi connectivity index (χ1) is 9.06. The van der Waals surface area contributed by atoms with Crippen molar-refractivity contribution in [3.05, 3.63) is 23.8 Å². The van der Waals surface area contributed by atoms with Gasteiger partial charge < -0.3 is 15.5 Å². The summed E-state index contributed by atoms with van der Waals surface area (Å²) in [5.74, 6) is 0.871. The van der Waals surface area contributed by atoms with E-state index in [9.17, 15) is 15.0 Å². The zero-order valence-corrected chi connectivity index (χ0v) is 11.2. The van der Waals surface area contributed by atoms with E-state index < -0.39 is 0 Å². The van der Waals surface area contributed by atoms with Crippen LogP contribution >= 0.6 is 0 Å². The van der Waals surface area contributed by atoms with Crippen LogP contribution in [0.25, 0.3) is 0 Å². The predicted molar refractivity (Wildman–Crippen MR) is 73.2 cm³/mol. The number of carbonyl (C=O) groups excluding carboxylic acids is 1. The summed E-state index contributed by atoms with van der Waals surface area (Å²) in [6.07, 6.45) is 4.73. The maximum absolute atomic E-state index is 11.9. The fourth-order valence-corrected chi connectivity index (χ4v) is 2.57. The van der Waals surface area contributed by atoms with Crippen LogP contribution in [-0.2, 0) is 0 Å². The third-order valence-electron chi connectivity index (χ3n) is 3.91. The maximum Gasteiger partial charge on any atom is 0.255 e. The number of carbonyl (C=O) groups is 1. The molecule has 0 atom stereocenters. The minimum atomic E-state index is -0.327. The quantitative estimate of drug-likeness (QED) is 0.734. The molecule has 0 aromatic heterocycles. The average molecular weight is 263 g/mol. The van der Waals surface area contributed by atoms with Crippen LogP contribution in [-0.4, -0.2) is 22.7 Å². The van der Waals surface area contributed by atoms with Crippen LogP contribution in [0.5, 0.6) is 11.5 Å². The first-order valence-electron chi connectivity index (χ1n) is 6.86. The lowest BCUT2D eigenvalue weighted by Gasteiger charge is -2.26. The van der Waals surface area contributed by atoms with Gasteiger partial charge in [0.05, 0.1) is 5.56 Å². The van der Waals surface area contributed by atoms with Gasteiger partial charge in [0.1, 0.15) is 11.5 Å². The Morgan fingerprint density at radius 3 is 2.63 bits per heavy atom. The number of rotatable bonds is 3. The van der Waals surface area contributed by atoms with Gasteiger partial charge in [0.15, 0.2) is 0 Å². The molecule has 1 aliphatic rings. The van der Waals surface area contributed by atoms with E-state index in [-0.39, 0.29) is 23.0 Å².